The second kappa shape index (κ2) is 6.06. The van der Waals surface area contributed by atoms with E-state index in [0.717, 1.165) is 22.3 Å². The molecule has 116 valence electrons. The van der Waals surface area contributed by atoms with E-state index in [1.807, 2.05) is 48.3 Å². The number of benzene rings is 2. The minimum atomic E-state index is -0.767. The third-order valence-electron chi connectivity index (χ3n) is 3.84. The second-order valence-electron chi connectivity index (χ2n) is 5.42. The largest absolute Gasteiger partial charge is 0.375 e. The SMILES string of the molecule is CN1C=C(c2ccccc2)c2cccc(N(O)C(=O)C=N)c2C1. The van der Waals surface area contributed by atoms with E-state index in [1.54, 1.807) is 12.1 Å². The summed E-state index contributed by atoms with van der Waals surface area (Å²) in [5.41, 5.74) is 4.34. The van der Waals surface area contributed by atoms with Crippen molar-refractivity contribution in [1.29, 1.82) is 5.41 Å². The summed E-state index contributed by atoms with van der Waals surface area (Å²) in [7, 11) is 1.95. The summed E-state index contributed by atoms with van der Waals surface area (Å²) >= 11 is 0. The van der Waals surface area contributed by atoms with Gasteiger partial charge in [0.25, 0.3) is 5.91 Å². The summed E-state index contributed by atoms with van der Waals surface area (Å²) in [6, 6.07) is 15.4. The molecule has 0 aliphatic carbocycles. The highest BCUT2D eigenvalue weighted by Gasteiger charge is 2.23. The maximum Gasteiger partial charge on any atom is 0.292 e. The van der Waals surface area contributed by atoms with E-state index in [1.165, 1.54) is 0 Å². The smallest absolute Gasteiger partial charge is 0.292 e. The molecule has 0 spiro atoms. The van der Waals surface area contributed by atoms with Crippen LogP contribution in [0.5, 0.6) is 0 Å². The van der Waals surface area contributed by atoms with Crippen LogP contribution in [-0.2, 0) is 11.3 Å². The van der Waals surface area contributed by atoms with Crippen molar-refractivity contribution in [3.05, 3.63) is 71.4 Å². The number of carbonyl (C=O) groups is 1. The average Bonchev–Trinajstić information content (AvgIpc) is 2.60. The van der Waals surface area contributed by atoms with Crippen molar-refractivity contribution in [2.45, 2.75) is 6.54 Å². The molecule has 2 aromatic carbocycles. The molecule has 23 heavy (non-hydrogen) atoms. The first-order valence-electron chi connectivity index (χ1n) is 7.25. The predicted molar refractivity (Wildman–Crippen MR) is 89.5 cm³/mol. The Morgan fingerprint density at radius 2 is 1.96 bits per heavy atom. The van der Waals surface area contributed by atoms with Gasteiger partial charge in [-0.2, -0.15) is 5.06 Å². The summed E-state index contributed by atoms with van der Waals surface area (Å²) in [4.78, 5) is 13.6. The van der Waals surface area contributed by atoms with Gasteiger partial charge in [0.05, 0.1) is 11.9 Å². The molecule has 0 unspecified atom stereocenters. The van der Waals surface area contributed by atoms with Crippen LogP contribution in [0.25, 0.3) is 5.57 Å². The molecule has 2 N–H and O–H groups in total. The number of nitrogens with one attached hydrogen (secondary N) is 1. The summed E-state index contributed by atoms with van der Waals surface area (Å²) in [6.07, 6.45) is 2.65. The van der Waals surface area contributed by atoms with Crippen molar-refractivity contribution in [1.82, 2.24) is 4.90 Å². The van der Waals surface area contributed by atoms with Gasteiger partial charge in [-0.15, -0.1) is 0 Å². The number of hydroxylamine groups is 1. The second-order valence-corrected chi connectivity index (χ2v) is 5.42. The molecule has 0 bridgehead atoms. The Balaban J connectivity index is 2.14. The van der Waals surface area contributed by atoms with Gasteiger partial charge in [0.1, 0.15) is 0 Å². The molecule has 5 nitrogen and oxygen atoms in total. The Kier molecular flexibility index (Phi) is 3.95. The van der Waals surface area contributed by atoms with E-state index in [4.69, 9.17) is 5.41 Å². The molecule has 0 saturated carbocycles. The standard InChI is InChI=1S/C18H17N3O2/c1-20-11-15(13-6-3-2-4-7-13)14-8-5-9-17(16(14)12-20)21(23)18(22)10-19/h2-11,19,23H,12H2,1H3. The van der Waals surface area contributed by atoms with E-state index in [-0.39, 0.29) is 0 Å². The first-order valence-corrected chi connectivity index (χ1v) is 7.25. The number of anilines is 1. The van der Waals surface area contributed by atoms with E-state index >= 15 is 0 Å². The normalized spacial score (nSPS) is 13.1. The van der Waals surface area contributed by atoms with Crippen molar-refractivity contribution in [3.8, 4) is 0 Å². The summed E-state index contributed by atoms with van der Waals surface area (Å²) in [5.74, 6) is -0.767. The molecule has 0 radical (unpaired) electrons. The molecule has 5 heteroatoms. The van der Waals surface area contributed by atoms with Crippen molar-refractivity contribution >= 4 is 23.4 Å². The summed E-state index contributed by atoms with van der Waals surface area (Å²) in [6.45, 7) is 0.574. The van der Waals surface area contributed by atoms with Crippen LogP contribution in [-0.4, -0.2) is 29.3 Å². The van der Waals surface area contributed by atoms with Crippen LogP contribution in [0, 0.1) is 5.41 Å². The fourth-order valence-corrected chi connectivity index (χ4v) is 2.80. The van der Waals surface area contributed by atoms with E-state index in [9.17, 15) is 10.0 Å². The van der Waals surface area contributed by atoms with E-state index in [2.05, 4.69) is 6.20 Å². The van der Waals surface area contributed by atoms with Gasteiger partial charge < -0.3 is 10.3 Å². The van der Waals surface area contributed by atoms with Crippen LogP contribution < -0.4 is 5.06 Å². The van der Waals surface area contributed by atoms with Crippen molar-refractivity contribution in [2.24, 2.45) is 0 Å². The van der Waals surface area contributed by atoms with Crippen LogP contribution in [0.2, 0.25) is 0 Å². The summed E-state index contributed by atoms with van der Waals surface area (Å²) < 4.78 is 0. The maximum absolute atomic E-state index is 11.6. The lowest BCUT2D eigenvalue weighted by Crippen LogP contribution is -2.30. The van der Waals surface area contributed by atoms with Gasteiger partial charge in [-0.1, -0.05) is 42.5 Å². The number of amides is 1. The molecule has 0 atom stereocenters. The van der Waals surface area contributed by atoms with Gasteiger partial charge in [-0.25, -0.2) is 0 Å². The maximum atomic E-state index is 11.6. The molecule has 1 aliphatic rings. The molecule has 3 rings (SSSR count). The first kappa shape index (κ1) is 15.0. The fraction of sp³-hybridized carbons (Fsp3) is 0.111. The number of fused-ring (bicyclic) bond motifs is 1. The first-order chi connectivity index (χ1) is 11.1. The minimum absolute atomic E-state index is 0.407. The number of hydrogen-bond donors (Lipinski definition) is 2. The van der Waals surface area contributed by atoms with Crippen molar-refractivity contribution in [2.75, 3.05) is 12.1 Å². The molecule has 1 aliphatic heterocycles. The summed E-state index contributed by atoms with van der Waals surface area (Å²) in [5, 5.41) is 17.7. The number of carbonyl (C=O) groups excluding carboxylic acids is 1. The molecule has 2 aromatic rings. The molecule has 0 fully saturated rings. The lowest BCUT2D eigenvalue weighted by atomic mass is 9.91. The molecule has 0 aromatic heterocycles. The van der Waals surface area contributed by atoms with Gasteiger partial charge in [0.2, 0.25) is 0 Å². The minimum Gasteiger partial charge on any atom is -0.375 e. The predicted octanol–water partition coefficient (Wildman–Crippen LogP) is 2.89. The monoisotopic (exact) mass is 307 g/mol. The Labute approximate surface area is 134 Å². The van der Waals surface area contributed by atoms with E-state index in [0.29, 0.717) is 23.5 Å². The number of nitrogens with zero attached hydrogens (tertiary/aromatic N) is 2. The molecular weight excluding hydrogens is 290 g/mol. The zero-order chi connectivity index (χ0) is 16.4. The Morgan fingerprint density at radius 1 is 1.22 bits per heavy atom. The van der Waals surface area contributed by atoms with Gasteiger partial charge in [-0.3, -0.25) is 10.0 Å². The highest BCUT2D eigenvalue weighted by atomic mass is 16.5. The molecule has 0 saturated heterocycles. The Morgan fingerprint density at radius 3 is 2.65 bits per heavy atom. The fourth-order valence-electron chi connectivity index (χ4n) is 2.80. The third-order valence-corrected chi connectivity index (χ3v) is 3.84. The lowest BCUT2D eigenvalue weighted by molar-refractivity contribution is -0.116. The molecule has 1 heterocycles. The van der Waals surface area contributed by atoms with Crippen LogP contribution >= 0.6 is 0 Å². The van der Waals surface area contributed by atoms with Gasteiger partial charge >= 0.3 is 0 Å². The highest BCUT2D eigenvalue weighted by Crippen LogP contribution is 2.36. The third kappa shape index (κ3) is 2.74. The average molecular weight is 307 g/mol. The van der Waals surface area contributed by atoms with Crippen molar-refractivity contribution < 1.29 is 10.0 Å². The van der Waals surface area contributed by atoms with Crippen LogP contribution in [0.3, 0.4) is 0 Å². The zero-order valence-corrected chi connectivity index (χ0v) is 12.7. The topological polar surface area (TPSA) is 67.6 Å². The zero-order valence-electron chi connectivity index (χ0n) is 12.7. The number of rotatable bonds is 3. The lowest BCUT2D eigenvalue weighted by Gasteiger charge is -2.29. The Bertz CT molecular complexity index is 784. The molecular formula is C18H17N3O2. The van der Waals surface area contributed by atoms with E-state index < -0.39 is 5.91 Å². The van der Waals surface area contributed by atoms with Crippen LogP contribution in [0.15, 0.2) is 54.7 Å². The van der Waals surface area contributed by atoms with Crippen LogP contribution in [0.4, 0.5) is 5.69 Å². The quantitative estimate of drug-likeness (QED) is 0.520. The van der Waals surface area contributed by atoms with Gasteiger partial charge in [0.15, 0.2) is 0 Å². The number of hydrogen-bond acceptors (Lipinski definition) is 4. The van der Waals surface area contributed by atoms with Gasteiger partial charge in [-0.05, 0) is 17.2 Å². The van der Waals surface area contributed by atoms with Crippen molar-refractivity contribution in [3.63, 3.8) is 0 Å². The van der Waals surface area contributed by atoms with Crippen LogP contribution in [0.1, 0.15) is 16.7 Å². The molecule has 1 amide bonds. The highest BCUT2D eigenvalue weighted by molar-refractivity contribution is 6.30. The Hall–Kier alpha value is -2.92. The van der Waals surface area contributed by atoms with Gasteiger partial charge in [0, 0.05) is 30.9 Å².